The first-order valence-electron chi connectivity index (χ1n) is 6.51. The molecule has 0 aromatic heterocycles. The van der Waals surface area contributed by atoms with Crippen LogP contribution in [-0.4, -0.2) is 23.6 Å². The summed E-state index contributed by atoms with van der Waals surface area (Å²) in [6.45, 7) is 0.0538. The van der Waals surface area contributed by atoms with Gasteiger partial charge in [-0.1, -0.05) is 30.3 Å². The average molecular weight is 298 g/mol. The highest BCUT2D eigenvalue weighted by Gasteiger charge is 2.09. The van der Waals surface area contributed by atoms with Gasteiger partial charge in [0.05, 0.1) is 23.2 Å². The van der Waals surface area contributed by atoms with E-state index in [9.17, 15) is 14.9 Å². The lowest BCUT2D eigenvalue weighted by Gasteiger charge is -2.04. The first-order valence-corrected chi connectivity index (χ1v) is 6.51. The molecule has 0 aliphatic rings. The van der Waals surface area contributed by atoms with E-state index in [1.54, 1.807) is 18.2 Å². The topological polar surface area (TPSA) is 96.6 Å². The van der Waals surface area contributed by atoms with E-state index >= 15 is 0 Å². The van der Waals surface area contributed by atoms with E-state index < -0.39 is 4.92 Å². The third-order valence-electron chi connectivity index (χ3n) is 2.75. The Morgan fingerprint density at radius 2 is 1.82 bits per heavy atom. The van der Waals surface area contributed by atoms with Crippen molar-refractivity contribution in [1.29, 1.82) is 0 Å². The SMILES string of the molecule is O=C(CNc1ccccc1)N/N=C/c1ccccc1[N+](=O)[O-]. The van der Waals surface area contributed by atoms with Gasteiger partial charge < -0.3 is 5.32 Å². The number of hydrogen-bond acceptors (Lipinski definition) is 5. The van der Waals surface area contributed by atoms with Gasteiger partial charge in [-0.3, -0.25) is 14.9 Å². The van der Waals surface area contributed by atoms with Gasteiger partial charge in [0.15, 0.2) is 0 Å². The van der Waals surface area contributed by atoms with Crippen LogP contribution in [0.2, 0.25) is 0 Å². The van der Waals surface area contributed by atoms with Crippen molar-refractivity contribution in [3.05, 3.63) is 70.3 Å². The monoisotopic (exact) mass is 298 g/mol. The minimum Gasteiger partial charge on any atom is -0.376 e. The third-order valence-corrected chi connectivity index (χ3v) is 2.75. The zero-order valence-electron chi connectivity index (χ0n) is 11.6. The lowest BCUT2D eigenvalue weighted by molar-refractivity contribution is -0.385. The predicted molar refractivity (Wildman–Crippen MR) is 83.8 cm³/mol. The van der Waals surface area contributed by atoms with Crippen molar-refractivity contribution in [1.82, 2.24) is 5.43 Å². The zero-order chi connectivity index (χ0) is 15.8. The van der Waals surface area contributed by atoms with Crippen LogP contribution in [-0.2, 0) is 4.79 Å². The maximum absolute atomic E-state index is 11.6. The maximum Gasteiger partial charge on any atom is 0.278 e. The molecule has 0 atom stereocenters. The van der Waals surface area contributed by atoms with E-state index in [-0.39, 0.29) is 18.1 Å². The van der Waals surface area contributed by atoms with Crippen LogP contribution in [0.25, 0.3) is 0 Å². The molecule has 0 fully saturated rings. The second-order valence-electron chi connectivity index (χ2n) is 4.33. The van der Waals surface area contributed by atoms with E-state index in [0.717, 1.165) is 5.69 Å². The number of nitro benzene ring substituents is 1. The van der Waals surface area contributed by atoms with E-state index in [1.807, 2.05) is 30.3 Å². The van der Waals surface area contributed by atoms with Gasteiger partial charge in [-0.05, 0) is 18.2 Å². The van der Waals surface area contributed by atoms with Crippen LogP contribution in [0.5, 0.6) is 0 Å². The molecule has 0 saturated carbocycles. The van der Waals surface area contributed by atoms with E-state index in [0.29, 0.717) is 5.56 Å². The summed E-state index contributed by atoms with van der Waals surface area (Å²) >= 11 is 0. The van der Waals surface area contributed by atoms with Crippen molar-refractivity contribution < 1.29 is 9.72 Å². The van der Waals surface area contributed by atoms with Crippen LogP contribution < -0.4 is 10.7 Å². The van der Waals surface area contributed by atoms with E-state index in [2.05, 4.69) is 15.8 Å². The number of amides is 1. The molecule has 0 saturated heterocycles. The van der Waals surface area contributed by atoms with Crippen molar-refractivity contribution in [2.45, 2.75) is 0 Å². The van der Waals surface area contributed by atoms with Crippen molar-refractivity contribution in [3.63, 3.8) is 0 Å². The number of nitrogens with zero attached hydrogens (tertiary/aromatic N) is 2. The van der Waals surface area contributed by atoms with Gasteiger partial charge in [0.1, 0.15) is 0 Å². The number of nitro groups is 1. The number of anilines is 1. The Morgan fingerprint density at radius 1 is 1.14 bits per heavy atom. The normalized spacial score (nSPS) is 10.4. The Morgan fingerprint density at radius 3 is 2.55 bits per heavy atom. The minimum absolute atomic E-state index is 0.0538. The summed E-state index contributed by atoms with van der Waals surface area (Å²) in [5.41, 5.74) is 3.39. The Labute approximate surface area is 126 Å². The zero-order valence-corrected chi connectivity index (χ0v) is 11.6. The Bertz CT molecular complexity index is 686. The van der Waals surface area contributed by atoms with Crippen LogP contribution >= 0.6 is 0 Å². The fourth-order valence-corrected chi connectivity index (χ4v) is 1.71. The van der Waals surface area contributed by atoms with Crippen LogP contribution in [0.15, 0.2) is 59.7 Å². The summed E-state index contributed by atoms with van der Waals surface area (Å²) in [4.78, 5) is 21.9. The number of hydrazone groups is 1. The molecule has 2 rings (SSSR count). The smallest absolute Gasteiger partial charge is 0.278 e. The molecule has 0 radical (unpaired) electrons. The highest BCUT2D eigenvalue weighted by molar-refractivity contribution is 5.87. The molecule has 2 N–H and O–H groups in total. The molecule has 0 aliphatic heterocycles. The van der Waals surface area contributed by atoms with E-state index in [4.69, 9.17) is 0 Å². The summed E-state index contributed by atoms with van der Waals surface area (Å²) in [7, 11) is 0. The van der Waals surface area contributed by atoms with Gasteiger partial charge in [0.2, 0.25) is 0 Å². The Balaban J connectivity index is 1.87. The molecular weight excluding hydrogens is 284 g/mol. The number of benzene rings is 2. The quantitative estimate of drug-likeness (QED) is 0.485. The summed E-state index contributed by atoms with van der Waals surface area (Å²) in [6.07, 6.45) is 1.25. The van der Waals surface area contributed by atoms with Crippen LogP contribution in [0.3, 0.4) is 0 Å². The molecular formula is C15H14N4O3. The molecule has 0 unspecified atom stereocenters. The van der Waals surface area contributed by atoms with Crippen LogP contribution in [0, 0.1) is 10.1 Å². The van der Waals surface area contributed by atoms with Gasteiger partial charge in [-0.15, -0.1) is 0 Å². The van der Waals surface area contributed by atoms with Gasteiger partial charge >= 0.3 is 0 Å². The fraction of sp³-hybridized carbons (Fsp3) is 0.0667. The minimum atomic E-state index is -0.500. The highest BCUT2D eigenvalue weighted by Crippen LogP contribution is 2.14. The highest BCUT2D eigenvalue weighted by atomic mass is 16.6. The maximum atomic E-state index is 11.6. The second kappa shape index (κ2) is 7.53. The Hall–Kier alpha value is -3.22. The second-order valence-corrected chi connectivity index (χ2v) is 4.33. The van der Waals surface area contributed by atoms with Gasteiger partial charge in [-0.25, -0.2) is 5.43 Å². The summed E-state index contributed by atoms with van der Waals surface area (Å²) < 4.78 is 0. The number of carbonyl (C=O) groups is 1. The van der Waals surface area contributed by atoms with Crippen molar-refractivity contribution in [3.8, 4) is 0 Å². The molecule has 0 aliphatic carbocycles. The number of para-hydroxylation sites is 2. The predicted octanol–water partition coefficient (Wildman–Crippen LogP) is 2.16. The van der Waals surface area contributed by atoms with Crippen molar-refractivity contribution in [2.24, 2.45) is 5.10 Å². The molecule has 0 bridgehead atoms. The van der Waals surface area contributed by atoms with Gasteiger partial charge in [-0.2, -0.15) is 5.10 Å². The molecule has 2 aromatic rings. The molecule has 112 valence electrons. The lowest BCUT2D eigenvalue weighted by atomic mass is 10.2. The molecule has 2 aromatic carbocycles. The number of rotatable bonds is 6. The first-order chi connectivity index (χ1) is 10.7. The molecule has 7 nitrogen and oxygen atoms in total. The van der Waals surface area contributed by atoms with E-state index in [1.165, 1.54) is 12.3 Å². The van der Waals surface area contributed by atoms with Crippen molar-refractivity contribution in [2.75, 3.05) is 11.9 Å². The van der Waals surface area contributed by atoms with Crippen LogP contribution in [0.1, 0.15) is 5.56 Å². The number of nitrogens with one attached hydrogen (secondary N) is 2. The van der Waals surface area contributed by atoms with Gasteiger partial charge in [0.25, 0.3) is 11.6 Å². The molecule has 0 heterocycles. The number of carbonyl (C=O) groups excluding carboxylic acids is 1. The van der Waals surface area contributed by atoms with Crippen molar-refractivity contribution >= 4 is 23.5 Å². The van der Waals surface area contributed by atoms with Gasteiger partial charge in [0, 0.05) is 11.8 Å². The molecule has 1 amide bonds. The molecule has 22 heavy (non-hydrogen) atoms. The molecule has 7 heteroatoms. The average Bonchev–Trinajstić information content (AvgIpc) is 2.54. The largest absolute Gasteiger partial charge is 0.376 e. The lowest BCUT2D eigenvalue weighted by Crippen LogP contribution is -2.25. The molecule has 0 spiro atoms. The van der Waals surface area contributed by atoms with Crippen LogP contribution in [0.4, 0.5) is 11.4 Å². The first kappa shape index (κ1) is 15.2. The number of hydrogen-bond donors (Lipinski definition) is 2. The summed E-state index contributed by atoms with van der Waals surface area (Å²) in [5.74, 6) is -0.348. The standard InChI is InChI=1S/C15H14N4O3/c20-15(11-16-13-7-2-1-3-8-13)18-17-10-12-6-4-5-9-14(12)19(21)22/h1-10,16H,11H2,(H,18,20)/b17-10+. The summed E-state index contributed by atoms with van der Waals surface area (Å²) in [5, 5.41) is 17.5. The fourth-order valence-electron chi connectivity index (χ4n) is 1.71. The summed E-state index contributed by atoms with van der Waals surface area (Å²) in [6, 6.07) is 15.4. The third kappa shape index (κ3) is 4.41. The Kier molecular flexibility index (Phi) is 5.20.